The third kappa shape index (κ3) is 6.59. The smallest absolute Gasteiger partial charge is 0.306 e. The van der Waals surface area contributed by atoms with E-state index >= 15 is 0 Å². The number of aromatic hydroxyl groups is 2. The summed E-state index contributed by atoms with van der Waals surface area (Å²) in [4.78, 5) is 38.7. The van der Waals surface area contributed by atoms with Crippen molar-refractivity contribution in [2.24, 2.45) is 5.92 Å². The summed E-state index contributed by atoms with van der Waals surface area (Å²) in [5, 5.41) is 41.4. The number of benzene rings is 3. The predicted molar refractivity (Wildman–Crippen MR) is 165 cm³/mol. The van der Waals surface area contributed by atoms with Crippen LogP contribution in [-0.2, 0) is 4.79 Å². The number of amides is 2. The molecule has 2 heterocycles. The molecule has 0 bridgehead atoms. The number of phenols is 2. The van der Waals surface area contributed by atoms with E-state index in [4.69, 9.17) is 4.74 Å². The van der Waals surface area contributed by atoms with Gasteiger partial charge in [-0.25, -0.2) is 0 Å². The van der Waals surface area contributed by atoms with Gasteiger partial charge in [0.25, 0.3) is 11.8 Å². The number of hydrogen-bond donors (Lipinski definition) is 4. The van der Waals surface area contributed by atoms with Crippen molar-refractivity contribution >= 4 is 17.8 Å². The number of carbonyl (C=O) groups excluding carboxylic acids is 2. The van der Waals surface area contributed by atoms with Gasteiger partial charge in [-0.3, -0.25) is 19.0 Å². The lowest BCUT2D eigenvalue weighted by molar-refractivity contribution is -0.143. The van der Waals surface area contributed by atoms with Gasteiger partial charge in [0.05, 0.1) is 11.5 Å². The second-order valence-corrected chi connectivity index (χ2v) is 11.2. The number of carboxylic acid groups (broad SMARTS) is 1. The molecule has 0 spiro atoms. The SMILES string of the molecule is CCNC(=O)c1nnc(-c2cc(C(C)C)c(O)cc2O)n1-c1ccc(Oc2ccc(C(=O)N3CCC(C(=O)O)CC3)cc2)cc1. The van der Waals surface area contributed by atoms with Gasteiger partial charge in [-0.2, -0.15) is 0 Å². The number of aliphatic carboxylic acids is 1. The van der Waals surface area contributed by atoms with Gasteiger partial charge < -0.3 is 30.3 Å². The van der Waals surface area contributed by atoms with Crippen LogP contribution in [0.25, 0.3) is 17.1 Å². The van der Waals surface area contributed by atoms with Crippen LogP contribution in [0.4, 0.5) is 0 Å². The molecule has 1 fully saturated rings. The zero-order valence-corrected chi connectivity index (χ0v) is 25.2. The van der Waals surface area contributed by atoms with E-state index in [1.165, 1.54) is 10.6 Å². The van der Waals surface area contributed by atoms with Gasteiger partial charge in [-0.05, 0) is 85.8 Å². The number of ether oxygens (including phenoxy) is 1. The number of nitrogens with one attached hydrogen (secondary N) is 1. The zero-order valence-electron chi connectivity index (χ0n) is 25.2. The molecule has 1 saturated heterocycles. The zero-order chi connectivity index (χ0) is 32.2. The maximum absolute atomic E-state index is 12.9. The molecule has 0 aliphatic carbocycles. The van der Waals surface area contributed by atoms with E-state index in [0.717, 1.165) is 0 Å². The Morgan fingerprint density at radius 2 is 1.56 bits per heavy atom. The summed E-state index contributed by atoms with van der Waals surface area (Å²) in [7, 11) is 0. The Morgan fingerprint density at radius 1 is 0.933 bits per heavy atom. The maximum Gasteiger partial charge on any atom is 0.306 e. The topological polar surface area (TPSA) is 167 Å². The van der Waals surface area contributed by atoms with Crippen LogP contribution in [0.5, 0.6) is 23.0 Å². The molecule has 4 aromatic rings. The average Bonchev–Trinajstić information content (AvgIpc) is 3.46. The first-order valence-electron chi connectivity index (χ1n) is 14.8. The Morgan fingerprint density at radius 3 is 2.13 bits per heavy atom. The van der Waals surface area contributed by atoms with Gasteiger partial charge in [-0.1, -0.05) is 13.8 Å². The fraction of sp³-hybridized carbons (Fsp3) is 0.303. The Bertz CT molecular complexity index is 1710. The van der Waals surface area contributed by atoms with E-state index in [1.807, 2.05) is 13.8 Å². The Balaban J connectivity index is 1.37. The van der Waals surface area contributed by atoms with Crippen LogP contribution in [0.15, 0.2) is 60.7 Å². The third-order valence-electron chi connectivity index (χ3n) is 7.77. The largest absolute Gasteiger partial charge is 0.508 e. The minimum atomic E-state index is -0.821. The molecule has 45 heavy (non-hydrogen) atoms. The van der Waals surface area contributed by atoms with E-state index in [2.05, 4.69) is 15.5 Å². The first-order valence-corrected chi connectivity index (χ1v) is 14.8. The number of rotatable bonds is 9. The van der Waals surface area contributed by atoms with Gasteiger partial charge in [-0.15, -0.1) is 10.2 Å². The number of piperidine rings is 1. The van der Waals surface area contributed by atoms with Crippen molar-refractivity contribution in [1.29, 1.82) is 0 Å². The molecule has 0 unspecified atom stereocenters. The standard InChI is InChI=1S/C33H35N5O7/c1-4-34-31(41)30-36-35-29(26-17-25(19(2)3)27(39)18-28(26)40)38(30)22-7-11-24(12-8-22)45-23-9-5-20(6-10-23)32(42)37-15-13-21(14-16-37)33(43)44/h5-12,17-19,21,39-40H,4,13-16H2,1-3H3,(H,34,41)(H,43,44). The van der Waals surface area contributed by atoms with Gasteiger partial charge >= 0.3 is 5.97 Å². The third-order valence-corrected chi connectivity index (χ3v) is 7.77. The highest BCUT2D eigenvalue weighted by Crippen LogP contribution is 2.38. The van der Waals surface area contributed by atoms with Crippen molar-refractivity contribution in [2.45, 2.75) is 39.5 Å². The number of hydrogen-bond acceptors (Lipinski definition) is 8. The van der Waals surface area contributed by atoms with Crippen LogP contribution in [-0.4, -0.2) is 72.4 Å². The second kappa shape index (κ2) is 13.1. The van der Waals surface area contributed by atoms with E-state index in [-0.39, 0.29) is 35.0 Å². The summed E-state index contributed by atoms with van der Waals surface area (Å²) in [6, 6.07) is 16.5. The van der Waals surface area contributed by atoms with Crippen LogP contribution < -0.4 is 10.1 Å². The summed E-state index contributed by atoms with van der Waals surface area (Å²) >= 11 is 0. The molecule has 5 rings (SSSR count). The van der Waals surface area contributed by atoms with Crippen LogP contribution in [0, 0.1) is 5.92 Å². The first kappa shape index (κ1) is 31.0. The summed E-state index contributed by atoms with van der Waals surface area (Å²) in [6.45, 7) is 6.81. The summed E-state index contributed by atoms with van der Waals surface area (Å²) in [5.41, 5.74) is 1.94. The number of carboxylic acids is 1. The Labute approximate surface area is 259 Å². The molecule has 234 valence electrons. The minimum Gasteiger partial charge on any atom is -0.508 e. The van der Waals surface area contributed by atoms with Crippen LogP contribution in [0.3, 0.4) is 0 Å². The number of likely N-dealkylation sites (tertiary alicyclic amines) is 1. The molecule has 0 radical (unpaired) electrons. The van der Waals surface area contributed by atoms with Crippen molar-refractivity contribution in [3.8, 4) is 40.1 Å². The molecule has 0 saturated carbocycles. The van der Waals surface area contributed by atoms with Crippen molar-refractivity contribution < 1.29 is 34.4 Å². The lowest BCUT2D eigenvalue weighted by Gasteiger charge is -2.30. The van der Waals surface area contributed by atoms with Gasteiger partial charge in [0.1, 0.15) is 23.0 Å². The number of carbonyl (C=O) groups is 3. The molecule has 4 N–H and O–H groups in total. The quantitative estimate of drug-likeness (QED) is 0.204. The van der Waals surface area contributed by atoms with Gasteiger partial charge in [0.2, 0.25) is 5.82 Å². The van der Waals surface area contributed by atoms with Crippen LogP contribution in [0.2, 0.25) is 0 Å². The van der Waals surface area contributed by atoms with Gasteiger partial charge in [0, 0.05) is 37.0 Å². The van der Waals surface area contributed by atoms with E-state index in [0.29, 0.717) is 66.4 Å². The number of phenolic OH excluding ortho intramolecular Hbond substituents is 2. The van der Waals surface area contributed by atoms with Crippen molar-refractivity contribution in [3.05, 3.63) is 77.6 Å². The molecule has 1 aliphatic rings. The van der Waals surface area contributed by atoms with Crippen molar-refractivity contribution in [1.82, 2.24) is 25.0 Å². The van der Waals surface area contributed by atoms with Crippen molar-refractivity contribution in [3.63, 3.8) is 0 Å². The molecule has 12 nitrogen and oxygen atoms in total. The maximum atomic E-state index is 12.9. The molecule has 1 aromatic heterocycles. The lowest BCUT2D eigenvalue weighted by Crippen LogP contribution is -2.40. The van der Waals surface area contributed by atoms with E-state index < -0.39 is 17.8 Å². The highest BCUT2D eigenvalue weighted by molar-refractivity contribution is 5.94. The fourth-order valence-corrected chi connectivity index (χ4v) is 5.30. The van der Waals surface area contributed by atoms with Crippen molar-refractivity contribution in [2.75, 3.05) is 19.6 Å². The Hall–Kier alpha value is -5.39. The molecule has 2 amide bonds. The predicted octanol–water partition coefficient (Wildman–Crippen LogP) is 4.95. The molecule has 1 aliphatic heterocycles. The monoisotopic (exact) mass is 613 g/mol. The Kier molecular flexibility index (Phi) is 9.03. The van der Waals surface area contributed by atoms with Crippen LogP contribution >= 0.6 is 0 Å². The molecule has 0 atom stereocenters. The van der Waals surface area contributed by atoms with Crippen LogP contribution in [0.1, 0.15) is 66.1 Å². The first-order chi connectivity index (χ1) is 21.6. The second-order valence-electron chi connectivity index (χ2n) is 11.2. The summed E-state index contributed by atoms with van der Waals surface area (Å²) < 4.78 is 7.53. The summed E-state index contributed by atoms with van der Waals surface area (Å²) in [6.07, 6.45) is 0.878. The molecule has 12 heteroatoms. The van der Waals surface area contributed by atoms with E-state index in [9.17, 15) is 29.7 Å². The summed E-state index contributed by atoms with van der Waals surface area (Å²) in [5.74, 6) is -0.873. The minimum absolute atomic E-state index is 0.0199. The average molecular weight is 614 g/mol. The highest BCUT2D eigenvalue weighted by Gasteiger charge is 2.28. The highest BCUT2D eigenvalue weighted by atomic mass is 16.5. The molecular weight excluding hydrogens is 578 g/mol. The molecule has 3 aromatic carbocycles. The molecular formula is C33H35N5O7. The van der Waals surface area contributed by atoms with Gasteiger partial charge in [0.15, 0.2) is 5.82 Å². The van der Waals surface area contributed by atoms with E-state index in [1.54, 1.807) is 66.4 Å². The number of nitrogens with zero attached hydrogens (tertiary/aromatic N) is 4. The fourth-order valence-electron chi connectivity index (χ4n) is 5.30. The number of aromatic nitrogens is 3. The normalized spacial score (nSPS) is 13.6. The lowest BCUT2D eigenvalue weighted by atomic mass is 9.96.